The van der Waals surface area contributed by atoms with Crippen molar-refractivity contribution in [2.45, 2.75) is 6.54 Å². The van der Waals surface area contributed by atoms with Crippen LogP contribution in [0.5, 0.6) is 17.2 Å². The predicted molar refractivity (Wildman–Crippen MR) is 115 cm³/mol. The van der Waals surface area contributed by atoms with E-state index in [0.717, 1.165) is 31.6 Å². The van der Waals surface area contributed by atoms with Crippen LogP contribution in [0.4, 0.5) is 0 Å². The minimum absolute atomic E-state index is 0.142. The van der Waals surface area contributed by atoms with Gasteiger partial charge in [-0.2, -0.15) is 0 Å². The summed E-state index contributed by atoms with van der Waals surface area (Å²) in [6.07, 6.45) is 0. The van der Waals surface area contributed by atoms with E-state index in [1.54, 1.807) is 50.6 Å². The Bertz CT molecular complexity index is 1120. The van der Waals surface area contributed by atoms with Crippen LogP contribution in [-0.2, 0) is 6.54 Å². The lowest BCUT2D eigenvalue weighted by Crippen LogP contribution is -2.43. The zero-order valence-corrected chi connectivity index (χ0v) is 17.5. The van der Waals surface area contributed by atoms with E-state index < -0.39 is 5.63 Å². The summed E-state index contributed by atoms with van der Waals surface area (Å²) in [5.74, 6) is 1.27. The molecule has 158 valence electrons. The summed E-state index contributed by atoms with van der Waals surface area (Å²) in [6.45, 7) is 4.29. The molecule has 7 heteroatoms. The molecule has 0 atom stereocenters. The predicted octanol–water partition coefficient (Wildman–Crippen LogP) is 2.93. The standard InChI is InChI=1S/C23H26N2O5/c1-24-8-10-25(11-9-24)14-18-19(26)6-4-16-12-17(23(27)30-22(16)18)15-5-7-20(28-2)21(13-15)29-3/h4-7,12-13,26H,8-11,14H2,1-3H3. The maximum Gasteiger partial charge on any atom is 0.344 e. The quantitative estimate of drug-likeness (QED) is 0.648. The van der Waals surface area contributed by atoms with Gasteiger partial charge in [0.2, 0.25) is 0 Å². The number of piperazine rings is 1. The van der Waals surface area contributed by atoms with Gasteiger partial charge in [0.25, 0.3) is 0 Å². The zero-order chi connectivity index (χ0) is 21.3. The van der Waals surface area contributed by atoms with Crippen LogP contribution in [0.25, 0.3) is 22.1 Å². The van der Waals surface area contributed by atoms with Crippen LogP contribution in [0.3, 0.4) is 0 Å². The number of rotatable bonds is 5. The smallest absolute Gasteiger partial charge is 0.344 e. The summed E-state index contributed by atoms with van der Waals surface area (Å²) in [4.78, 5) is 17.4. The maximum atomic E-state index is 12.8. The number of aromatic hydroxyl groups is 1. The van der Waals surface area contributed by atoms with Gasteiger partial charge in [0.05, 0.1) is 25.3 Å². The Morgan fingerprint density at radius 1 is 1.00 bits per heavy atom. The molecule has 3 aromatic rings. The maximum absolute atomic E-state index is 12.8. The van der Waals surface area contributed by atoms with E-state index in [9.17, 15) is 9.90 Å². The van der Waals surface area contributed by atoms with E-state index in [2.05, 4.69) is 16.8 Å². The van der Waals surface area contributed by atoms with Crippen molar-refractivity contribution >= 4 is 11.0 Å². The third-order valence-corrected chi connectivity index (χ3v) is 5.65. The molecule has 1 aliphatic rings. The molecule has 1 fully saturated rings. The molecule has 0 saturated carbocycles. The number of benzene rings is 2. The largest absolute Gasteiger partial charge is 0.507 e. The van der Waals surface area contributed by atoms with Crippen molar-refractivity contribution in [2.24, 2.45) is 0 Å². The number of hydrogen-bond acceptors (Lipinski definition) is 7. The van der Waals surface area contributed by atoms with Gasteiger partial charge in [-0.05, 0) is 42.9 Å². The van der Waals surface area contributed by atoms with Gasteiger partial charge in [-0.15, -0.1) is 0 Å². The molecule has 7 nitrogen and oxygen atoms in total. The molecule has 1 aliphatic heterocycles. The van der Waals surface area contributed by atoms with Gasteiger partial charge in [0.1, 0.15) is 11.3 Å². The number of hydrogen-bond donors (Lipinski definition) is 1. The summed E-state index contributed by atoms with van der Waals surface area (Å²) in [7, 11) is 5.22. The molecule has 0 unspecified atom stereocenters. The van der Waals surface area contributed by atoms with E-state index in [4.69, 9.17) is 13.9 Å². The van der Waals surface area contributed by atoms with Crippen molar-refractivity contribution in [2.75, 3.05) is 47.4 Å². The van der Waals surface area contributed by atoms with E-state index in [0.29, 0.717) is 40.3 Å². The van der Waals surface area contributed by atoms with Gasteiger partial charge in [-0.3, -0.25) is 4.90 Å². The lowest BCUT2D eigenvalue weighted by molar-refractivity contribution is 0.147. The average Bonchev–Trinajstić information content (AvgIpc) is 2.76. The lowest BCUT2D eigenvalue weighted by Gasteiger charge is -2.32. The van der Waals surface area contributed by atoms with E-state index in [1.807, 2.05) is 0 Å². The Morgan fingerprint density at radius 3 is 2.43 bits per heavy atom. The SMILES string of the molecule is COc1ccc(-c2cc3ccc(O)c(CN4CCN(C)CC4)c3oc2=O)cc1OC. The third kappa shape index (κ3) is 3.86. The van der Waals surface area contributed by atoms with Gasteiger partial charge in [0, 0.05) is 38.1 Å². The van der Waals surface area contributed by atoms with Crippen LogP contribution in [0.15, 0.2) is 45.6 Å². The molecule has 0 bridgehead atoms. The number of methoxy groups -OCH3 is 2. The van der Waals surface area contributed by atoms with Gasteiger partial charge in [0.15, 0.2) is 11.5 Å². The highest BCUT2D eigenvalue weighted by Gasteiger charge is 2.20. The molecule has 30 heavy (non-hydrogen) atoms. The van der Waals surface area contributed by atoms with Crippen molar-refractivity contribution in [3.05, 3.63) is 52.4 Å². The lowest BCUT2D eigenvalue weighted by atomic mass is 10.0. The second-order valence-electron chi connectivity index (χ2n) is 7.58. The fraction of sp³-hybridized carbons (Fsp3) is 0.348. The molecular formula is C23H26N2O5. The first-order valence-corrected chi connectivity index (χ1v) is 9.92. The number of ether oxygens (including phenoxy) is 2. The van der Waals surface area contributed by atoms with Crippen molar-refractivity contribution in [3.8, 4) is 28.4 Å². The summed E-state index contributed by atoms with van der Waals surface area (Å²) < 4.78 is 16.4. The molecule has 1 saturated heterocycles. The van der Waals surface area contributed by atoms with E-state index >= 15 is 0 Å². The Labute approximate surface area is 175 Å². The van der Waals surface area contributed by atoms with Gasteiger partial charge < -0.3 is 23.9 Å². The summed E-state index contributed by atoms with van der Waals surface area (Å²) in [6, 6.07) is 10.5. The Morgan fingerprint density at radius 2 is 1.73 bits per heavy atom. The summed E-state index contributed by atoms with van der Waals surface area (Å²) in [5, 5.41) is 11.2. The van der Waals surface area contributed by atoms with E-state index in [-0.39, 0.29) is 5.75 Å². The highest BCUT2D eigenvalue weighted by atomic mass is 16.5. The normalized spacial score (nSPS) is 15.4. The fourth-order valence-electron chi connectivity index (χ4n) is 3.82. The second-order valence-corrected chi connectivity index (χ2v) is 7.58. The number of phenolic OH excluding ortho intramolecular Hbond substituents is 1. The highest BCUT2D eigenvalue weighted by molar-refractivity contribution is 5.86. The molecule has 0 spiro atoms. The molecule has 2 aromatic carbocycles. The molecular weight excluding hydrogens is 384 g/mol. The second kappa shape index (κ2) is 8.38. The zero-order valence-electron chi connectivity index (χ0n) is 17.5. The van der Waals surface area contributed by atoms with Gasteiger partial charge in [-0.25, -0.2) is 4.79 Å². The molecule has 1 N–H and O–H groups in total. The first kappa shape index (κ1) is 20.3. The number of fused-ring (bicyclic) bond motifs is 1. The minimum Gasteiger partial charge on any atom is -0.507 e. The third-order valence-electron chi connectivity index (χ3n) is 5.65. The molecule has 0 amide bonds. The van der Waals surface area contributed by atoms with Crippen LogP contribution < -0.4 is 15.1 Å². The van der Waals surface area contributed by atoms with Crippen molar-refractivity contribution in [1.29, 1.82) is 0 Å². The van der Waals surface area contributed by atoms with Gasteiger partial charge in [-0.1, -0.05) is 6.07 Å². The minimum atomic E-state index is -0.458. The van der Waals surface area contributed by atoms with Crippen LogP contribution in [0, 0.1) is 0 Å². The summed E-state index contributed by atoms with van der Waals surface area (Å²) in [5.41, 5.74) is 1.73. The van der Waals surface area contributed by atoms with Crippen molar-refractivity contribution in [1.82, 2.24) is 9.80 Å². The van der Waals surface area contributed by atoms with Crippen molar-refractivity contribution in [3.63, 3.8) is 0 Å². The number of nitrogens with zero attached hydrogens (tertiary/aromatic N) is 2. The molecule has 2 heterocycles. The topological polar surface area (TPSA) is 75.4 Å². The highest BCUT2D eigenvalue weighted by Crippen LogP contribution is 2.34. The molecule has 1 aromatic heterocycles. The van der Waals surface area contributed by atoms with Gasteiger partial charge >= 0.3 is 5.63 Å². The molecule has 4 rings (SSSR count). The summed E-state index contributed by atoms with van der Waals surface area (Å²) >= 11 is 0. The van der Waals surface area contributed by atoms with E-state index in [1.165, 1.54) is 0 Å². The Balaban J connectivity index is 1.75. The number of likely N-dealkylation sites (N-methyl/N-ethyl adjacent to an activating group) is 1. The fourth-order valence-corrected chi connectivity index (χ4v) is 3.82. The van der Waals surface area contributed by atoms with Crippen LogP contribution >= 0.6 is 0 Å². The molecule has 0 radical (unpaired) electrons. The van der Waals surface area contributed by atoms with Crippen LogP contribution in [0.2, 0.25) is 0 Å². The van der Waals surface area contributed by atoms with Crippen molar-refractivity contribution < 1.29 is 19.0 Å². The first-order valence-electron chi connectivity index (χ1n) is 9.92. The Hall–Kier alpha value is -3.03. The first-order chi connectivity index (χ1) is 14.5. The monoisotopic (exact) mass is 410 g/mol. The van der Waals surface area contributed by atoms with Crippen LogP contribution in [0.1, 0.15) is 5.56 Å². The molecule has 0 aliphatic carbocycles. The average molecular weight is 410 g/mol. The number of phenols is 1. The Kier molecular flexibility index (Phi) is 5.65. The van der Waals surface area contributed by atoms with Crippen LogP contribution in [-0.4, -0.2) is 62.4 Å².